The van der Waals surface area contributed by atoms with Crippen molar-refractivity contribution in [2.24, 2.45) is 0 Å². The fourth-order valence-corrected chi connectivity index (χ4v) is 5.30. The molecule has 9 heteroatoms. The first-order valence-electron chi connectivity index (χ1n) is 9.50. The molecule has 156 valence electrons. The van der Waals surface area contributed by atoms with Gasteiger partial charge in [-0.05, 0) is 78.7 Å². The lowest BCUT2D eigenvalue weighted by atomic mass is 10.2. The van der Waals surface area contributed by atoms with Crippen molar-refractivity contribution in [1.82, 2.24) is 9.78 Å². The first-order valence-corrected chi connectivity index (χ1v) is 11.9. The fourth-order valence-electron chi connectivity index (χ4n) is 3.50. The number of carbonyl (C=O) groups excluding carboxylic acids is 1. The third-order valence-electron chi connectivity index (χ3n) is 5.07. The molecule has 3 aromatic rings. The van der Waals surface area contributed by atoms with Crippen LogP contribution in [0.5, 0.6) is 0 Å². The van der Waals surface area contributed by atoms with E-state index in [0.29, 0.717) is 29.9 Å². The molecule has 1 aliphatic heterocycles. The van der Waals surface area contributed by atoms with Gasteiger partial charge in [0, 0.05) is 17.8 Å². The van der Waals surface area contributed by atoms with Crippen LogP contribution >= 0.6 is 15.9 Å². The molecule has 0 unspecified atom stereocenters. The summed E-state index contributed by atoms with van der Waals surface area (Å²) < 4.78 is 28.5. The molecule has 30 heavy (non-hydrogen) atoms. The highest BCUT2D eigenvalue weighted by Gasteiger charge is 2.28. The summed E-state index contributed by atoms with van der Waals surface area (Å²) in [6, 6.07) is 14.1. The number of nitrogens with zero attached hydrogens (tertiary/aromatic N) is 3. The van der Waals surface area contributed by atoms with E-state index in [1.54, 1.807) is 36.4 Å². The van der Waals surface area contributed by atoms with Crippen molar-refractivity contribution in [3.05, 3.63) is 70.0 Å². The zero-order valence-corrected chi connectivity index (χ0v) is 19.0. The van der Waals surface area contributed by atoms with Crippen LogP contribution in [0, 0.1) is 13.8 Å². The second-order valence-electron chi connectivity index (χ2n) is 7.19. The number of carbonyl (C=O) groups is 1. The van der Waals surface area contributed by atoms with Crippen molar-refractivity contribution in [2.75, 3.05) is 21.9 Å². The van der Waals surface area contributed by atoms with E-state index in [2.05, 4.69) is 26.3 Å². The van der Waals surface area contributed by atoms with Gasteiger partial charge < -0.3 is 5.32 Å². The molecule has 1 aliphatic rings. The number of aromatic nitrogens is 2. The largest absolute Gasteiger partial charge is 0.322 e. The maximum atomic E-state index is 12.7. The third-order valence-corrected chi connectivity index (χ3v) is 8.09. The fraction of sp³-hybridized carbons (Fsp3) is 0.238. The minimum atomic E-state index is -3.26. The van der Waals surface area contributed by atoms with Crippen LogP contribution in [0.25, 0.3) is 5.69 Å². The Balaban J connectivity index is 1.52. The molecule has 0 bridgehead atoms. The molecule has 0 saturated carbocycles. The number of anilines is 2. The van der Waals surface area contributed by atoms with Gasteiger partial charge in [0.2, 0.25) is 10.0 Å². The van der Waals surface area contributed by atoms with E-state index in [1.165, 1.54) is 4.31 Å². The molecule has 0 atom stereocenters. The van der Waals surface area contributed by atoms with E-state index in [4.69, 9.17) is 0 Å². The zero-order valence-electron chi connectivity index (χ0n) is 16.6. The van der Waals surface area contributed by atoms with Gasteiger partial charge in [0.1, 0.15) is 0 Å². The molecule has 1 aromatic heterocycles. The number of amides is 1. The first kappa shape index (κ1) is 20.6. The van der Waals surface area contributed by atoms with Crippen molar-refractivity contribution >= 4 is 43.2 Å². The number of sulfonamides is 1. The van der Waals surface area contributed by atoms with Crippen molar-refractivity contribution in [2.45, 2.75) is 20.3 Å². The van der Waals surface area contributed by atoms with Gasteiger partial charge >= 0.3 is 0 Å². The predicted octanol–water partition coefficient (Wildman–Crippen LogP) is 4.04. The van der Waals surface area contributed by atoms with Gasteiger partial charge in [0.15, 0.2) is 0 Å². The van der Waals surface area contributed by atoms with Crippen molar-refractivity contribution < 1.29 is 13.2 Å². The third kappa shape index (κ3) is 3.87. The average Bonchev–Trinajstić information content (AvgIpc) is 3.21. The maximum Gasteiger partial charge on any atom is 0.255 e. The number of benzene rings is 2. The normalized spacial score (nSPS) is 15.4. The smallest absolute Gasteiger partial charge is 0.255 e. The summed E-state index contributed by atoms with van der Waals surface area (Å²) in [4.78, 5) is 12.7. The Bertz CT molecular complexity index is 1220. The van der Waals surface area contributed by atoms with Crippen LogP contribution in [0.3, 0.4) is 0 Å². The first-order chi connectivity index (χ1) is 14.3. The highest BCUT2D eigenvalue weighted by molar-refractivity contribution is 9.10. The zero-order chi connectivity index (χ0) is 21.5. The van der Waals surface area contributed by atoms with E-state index in [1.807, 2.05) is 30.7 Å². The van der Waals surface area contributed by atoms with Crippen LogP contribution in [0.15, 0.2) is 53.0 Å². The molecule has 2 aromatic carbocycles. The van der Waals surface area contributed by atoms with Gasteiger partial charge in [-0.15, -0.1) is 0 Å². The molecule has 1 N–H and O–H groups in total. The average molecular weight is 489 g/mol. The Morgan fingerprint density at radius 3 is 2.43 bits per heavy atom. The number of rotatable bonds is 4. The van der Waals surface area contributed by atoms with Crippen molar-refractivity contribution in [3.8, 4) is 5.69 Å². The Morgan fingerprint density at radius 1 is 1.10 bits per heavy atom. The standard InChI is InChI=1S/C21H21BrN4O3S/c1-14-20(22)15(2)26(24-14)18-9-7-16(8-10-18)21(27)23-17-5-3-6-19(13-17)25-11-4-12-30(25,28)29/h3,5-10,13H,4,11-12H2,1-2H3,(H,23,27). The van der Waals surface area contributed by atoms with Gasteiger partial charge in [-0.2, -0.15) is 5.10 Å². The minimum Gasteiger partial charge on any atom is -0.322 e. The van der Waals surface area contributed by atoms with Gasteiger partial charge in [-0.25, -0.2) is 13.1 Å². The number of halogens is 1. The Hall–Kier alpha value is -2.65. The summed E-state index contributed by atoms with van der Waals surface area (Å²) in [5.41, 5.74) is 4.35. The molecular formula is C21H21BrN4O3S. The summed E-state index contributed by atoms with van der Waals surface area (Å²) in [5.74, 6) is -0.112. The van der Waals surface area contributed by atoms with Crippen molar-refractivity contribution in [1.29, 1.82) is 0 Å². The van der Waals surface area contributed by atoms with Gasteiger partial charge in [-0.3, -0.25) is 9.10 Å². The quantitative estimate of drug-likeness (QED) is 0.600. The van der Waals surface area contributed by atoms with Crippen LogP contribution in [0.1, 0.15) is 28.2 Å². The Kier molecular flexibility index (Phi) is 5.42. The Labute approximate surface area is 183 Å². The summed E-state index contributed by atoms with van der Waals surface area (Å²) >= 11 is 3.52. The van der Waals surface area contributed by atoms with Crippen LogP contribution in [0.4, 0.5) is 11.4 Å². The van der Waals surface area contributed by atoms with E-state index >= 15 is 0 Å². The molecule has 1 fully saturated rings. The van der Waals surface area contributed by atoms with Crippen LogP contribution in [-0.2, 0) is 10.0 Å². The predicted molar refractivity (Wildman–Crippen MR) is 121 cm³/mol. The number of hydrogen-bond donors (Lipinski definition) is 1. The van der Waals surface area contributed by atoms with Crippen LogP contribution < -0.4 is 9.62 Å². The van der Waals surface area contributed by atoms with Gasteiger partial charge in [0.25, 0.3) is 5.91 Å². The maximum absolute atomic E-state index is 12.7. The molecule has 7 nitrogen and oxygen atoms in total. The highest BCUT2D eigenvalue weighted by Crippen LogP contribution is 2.27. The number of nitrogens with one attached hydrogen (secondary N) is 1. The molecule has 4 rings (SSSR count). The molecule has 0 aliphatic carbocycles. The van der Waals surface area contributed by atoms with Crippen LogP contribution in [0.2, 0.25) is 0 Å². The minimum absolute atomic E-state index is 0.155. The summed E-state index contributed by atoms with van der Waals surface area (Å²) in [5, 5.41) is 7.34. The van der Waals surface area contributed by atoms with Gasteiger partial charge in [0.05, 0.1) is 33.0 Å². The molecule has 2 heterocycles. The van der Waals surface area contributed by atoms with Crippen LogP contribution in [-0.4, -0.2) is 36.4 Å². The molecular weight excluding hydrogens is 468 g/mol. The summed E-state index contributed by atoms with van der Waals surface area (Å²) in [6.45, 7) is 4.36. The summed E-state index contributed by atoms with van der Waals surface area (Å²) in [7, 11) is -3.26. The lowest BCUT2D eigenvalue weighted by molar-refractivity contribution is 0.102. The second kappa shape index (κ2) is 7.88. The number of aryl methyl sites for hydroxylation is 1. The van der Waals surface area contributed by atoms with E-state index in [9.17, 15) is 13.2 Å². The monoisotopic (exact) mass is 488 g/mol. The van der Waals surface area contributed by atoms with Crippen molar-refractivity contribution in [3.63, 3.8) is 0 Å². The van der Waals surface area contributed by atoms with E-state index in [-0.39, 0.29) is 11.7 Å². The lowest BCUT2D eigenvalue weighted by Crippen LogP contribution is -2.25. The molecule has 1 amide bonds. The van der Waals surface area contributed by atoms with E-state index in [0.717, 1.165) is 21.5 Å². The highest BCUT2D eigenvalue weighted by atomic mass is 79.9. The molecule has 1 saturated heterocycles. The second-order valence-corrected chi connectivity index (χ2v) is 10.00. The topological polar surface area (TPSA) is 84.3 Å². The Morgan fingerprint density at radius 2 is 1.83 bits per heavy atom. The van der Waals surface area contributed by atoms with E-state index < -0.39 is 10.0 Å². The summed E-state index contributed by atoms with van der Waals surface area (Å²) in [6.07, 6.45) is 0.608. The SMILES string of the molecule is Cc1nn(-c2ccc(C(=O)Nc3cccc(N4CCCS4(=O)=O)c3)cc2)c(C)c1Br. The molecule has 0 spiro atoms. The lowest BCUT2D eigenvalue weighted by Gasteiger charge is -2.17. The number of hydrogen-bond acceptors (Lipinski definition) is 4. The molecule has 0 radical (unpaired) electrons. The van der Waals surface area contributed by atoms with Gasteiger partial charge in [-0.1, -0.05) is 6.07 Å².